The smallest absolute Gasteiger partial charge is 0.306 e. The summed E-state index contributed by atoms with van der Waals surface area (Å²) in [5, 5.41) is 29.9. The van der Waals surface area contributed by atoms with Gasteiger partial charge in [-0.1, -0.05) is 97.1 Å². The fourth-order valence-corrected chi connectivity index (χ4v) is 11.7. The summed E-state index contributed by atoms with van der Waals surface area (Å²) >= 11 is 3.36. The Morgan fingerprint density at radius 2 is 0.900 bits per heavy atom. The van der Waals surface area contributed by atoms with E-state index in [0.717, 1.165) is 96.1 Å². The molecule has 0 amide bonds. The van der Waals surface area contributed by atoms with E-state index in [-0.39, 0.29) is 11.1 Å². The molecule has 0 bridgehead atoms. The lowest BCUT2D eigenvalue weighted by atomic mass is 9.96. The van der Waals surface area contributed by atoms with Crippen LogP contribution in [0.5, 0.6) is 0 Å². The van der Waals surface area contributed by atoms with Gasteiger partial charge in [0, 0.05) is 52.5 Å². The quantitative estimate of drug-likeness (QED) is 0.178. The summed E-state index contributed by atoms with van der Waals surface area (Å²) in [6.45, 7) is 0. The zero-order valence-electron chi connectivity index (χ0n) is 31.2. The van der Waals surface area contributed by atoms with Crippen LogP contribution in [0.25, 0.3) is 106 Å². The number of alkyl halides is 3. The fraction of sp³-hybridized carbons (Fsp3) is 0.0196. The van der Waals surface area contributed by atoms with Gasteiger partial charge >= 0.3 is 6.18 Å². The molecular weight excluding hydrogens is 790 g/mol. The second kappa shape index (κ2) is 12.5. The highest BCUT2D eigenvalue weighted by Gasteiger charge is 2.32. The van der Waals surface area contributed by atoms with Crippen LogP contribution in [0.2, 0.25) is 0 Å². The minimum absolute atomic E-state index is 0.111. The second-order valence-corrected chi connectivity index (χ2v) is 17.1. The summed E-state index contributed by atoms with van der Waals surface area (Å²) in [6, 6.07) is 52.9. The minimum atomic E-state index is -4.70. The van der Waals surface area contributed by atoms with E-state index in [1.54, 1.807) is 22.7 Å². The molecule has 12 rings (SSSR count). The molecule has 0 radical (unpaired) electrons. The van der Waals surface area contributed by atoms with E-state index >= 15 is 0 Å². The van der Waals surface area contributed by atoms with Gasteiger partial charge in [-0.15, -0.1) is 22.7 Å². The molecule has 4 aromatic heterocycles. The maximum absolute atomic E-state index is 14.5. The Morgan fingerprint density at radius 3 is 1.38 bits per heavy atom. The number of nitrogens with zero attached hydrogens (tertiary/aromatic N) is 4. The number of hydrogen-bond donors (Lipinski definition) is 0. The monoisotopic (exact) mass is 814 g/mol. The van der Waals surface area contributed by atoms with Crippen LogP contribution >= 0.6 is 22.7 Å². The molecule has 0 saturated carbocycles. The number of hydrogen-bond acceptors (Lipinski definition) is 4. The van der Waals surface area contributed by atoms with Gasteiger partial charge in [0.2, 0.25) is 0 Å². The van der Waals surface area contributed by atoms with E-state index in [1.165, 1.54) is 6.07 Å². The van der Waals surface area contributed by atoms with Crippen LogP contribution in [0.3, 0.4) is 0 Å². The SMILES string of the molecule is N#Cc1cc(-c2cc(-n3c4ccccc4c4ccc5c6ccccc6sc5c43)c(C#N)c(-n3c4ccccc4c4ccc5c6ccccc6sc5c43)c2)cc(C(F)(F)F)c1. The number of benzene rings is 8. The molecule has 8 aromatic carbocycles. The van der Waals surface area contributed by atoms with Gasteiger partial charge in [-0.3, -0.25) is 0 Å². The molecule has 0 aliphatic rings. The van der Waals surface area contributed by atoms with Crippen molar-refractivity contribution in [2.75, 3.05) is 0 Å². The number of aromatic nitrogens is 2. The van der Waals surface area contributed by atoms with Crippen LogP contribution in [-0.2, 0) is 6.18 Å². The van der Waals surface area contributed by atoms with Crippen LogP contribution in [0, 0.1) is 22.7 Å². The molecule has 4 heterocycles. The number of para-hydroxylation sites is 2. The summed E-state index contributed by atoms with van der Waals surface area (Å²) in [6.07, 6.45) is -4.70. The van der Waals surface area contributed by atoms with Crippen molar-refractivity contribution in [2.24, 2.45) is 0 Å². The van der Waals surface area contributed by atoms with Gasteiger partial charge in [0.25, 0.3) is 0 Å². The van der Waals surface area contributed by atoms with Gasteiger partial charge in [-0.05, 0) is 65.7 Å². The van der Waals surface area contributed by atoms with Gasteiger partial charge in [0.05, 0.1) is 60.0 Å². The number of nitriles is 2. The van der Waals surface area contributed by atoms with Gasteiger partial charge in [0.15, 0.2) is 0 Å². The van der Waals surface area contributed by atoms with E-state index in [2.05, 4.69) is 75.9 Å². The van der Waals surface area contributed by atoms with Gasteiger partial charge in [-0.25, -0.2) is 0 Å². The third-order valence-corrected chi connectivity index (χ3v) is 14.2. The van der Waals surface area contributed by atoms with E-state index in [9.17, 15) is 23.7 Å². The van der Waals surface area contributed by atoms with Crippen molar-refractivity contribution in [3.8, 4) is 34.6 Å². The predicted molar refractivity (Wildman–Crippen MR) is 241 cm³/mol. The first-order chi connectivity index (χ1) is 29.3. The molecule has 0 spiro atoms. The average Bonchev–Trinajstić information content (AvgIpc) is 4.03. The molecule has 0 aliphatic carbocycles. The van der Waals surface area contributed by atoms with E-state index < -0.39 is 11.7 Å². The van der Waals surface area contributed by atoms with Crippen molar-refractivity contribution >= 4 is 107 Å². The molecular formula is C51H25F3N4S2. The highest BCUT2D eigenvalue weighted by molar-refractivity contribution is 7.27. The Bertz CT molecular complexity index is 3710. The van der Waals surface area contributed by atoms with Crippen molar-refractivity contribution in [3.63, 3.8) is 0 Å². The summed E-state index contributed by atoms with van der Waals surface area (Å²) in [7, 11) is 0. The number of rotatable bonds is 3. The van der Waals surface area contributed by atoms with Gasteiger partial charge in [-0.2, -0.15) is 23.7 Å². The highest BCUT2D eigenvalue weighted by atomic mass is 32.1. The fourth-order valence-electron chi connectivity index (χ4n) is 9.23. The van der Waals surface area contributed by atoms with Crippen molar-refractivity contribution in [1.29, 1.82) is 10.5 Å². The maximum atomic E-state index is 14.5. The van der Waals surface area contributed by atoms with Crippen LogP contribution in [0.15, 0.2) is 152 Å². The van der Waals surface area contributed by atoms with Crippen molar-refractivity contribution in [3.05, 3.63) is 168 Å². The van der Waals surface area contributed by atoms with Crippen molar-refractivity contribution in [1.82, 2.24) is 9.13 Å². The molecule has 0 aliphatic heterocycles. The molecule has 60 heavy (non-hydrogen) atoms. The molecule has 0 saturated heterocycles. The van der Waals surface area contributed by atoms with Gasteiger partial charge < -0.3 is 9.13 Å². The molecule has 0 unspecified atom stereocenters. The van der Waals surface area contributed by atoms with E-state index in [4.69, 9.17) is 0 Å². The molecule has 0 fully saturated rings. The predicted octanol–water partition coefficient (Wildman–Crippen LogP) is 15.0. The molecule has 4 nitrogen and oxygen atoms in total. The van der Waals surface area contributed by atoms with E-state index in [1.807, 2.05) is 78.9 Å². The van der Waals surface area contributed by atoms with Crippen molar-refractivity contribution < 1.29 is 13.2 Å². The van der Waals surface area contributed by atoms with E-state index in [0.29, 0.717) is 22.5 Å². The summed E-state index contributed by atoms with van der Waals surface area (Å²) in [4.78, 5) is 0. The number of halogens is 3. The highest BCUT2D eigenvalue weighted by Crippen LogP contribution is 2.47. The zero-order chi connectivity index (χ0) is 40.4. The third kappa shape index (κ3) is 4.82. The Labute approximate surface area is 347 Å². The average molecular weight is 815 g/mol. The second-order valence-electron chi connectivity index (χ2n) is 15.0. The Balaban J connectivity index is 1.30. The minimum Gasteiger partial charge on any atom is -0.306 e. The lowest BCUT2D eigenvalue weighted by Crippen LogP contribution is -2.07. The number of thiophene rings is 2. The lowest BCUT2D eigenvalue weighted by molar-refractivity contribution is -0.137. The Kier molecular flexibility index (Phi) is 7.23. The first kappa shape index (κ1) is 34.6. The van der Waals surface area contributed by atoms with Gasteiger partial charge in [0.1, 0.15) is 11.6 Å². The maximum Gasteiger partial charge on any atom is 0.416 e. The molecule has 0 N–H and O–H groups in total. The van der Waals surface area contributed by atoms with Crippen LogP contribution in [0.1, 0.15) is 16.7 Å². The van der Waals surface area contributed by atoms with Crippen LogP contribution in [-0.4, -0.2) is 9.13 Å². The number of fused-ring (bicyclic) bond motifs is 14. The topological polar surface area (TPSA) is 57.4 Å². The summed E-state index contributed by atoms with van der Waals surface area (Å²) < 4.78 is 52.2. The molecule has 0 atom stereocenters. The summed E-state index contributed by atoms with van der Waals surface area (Å²) in [5.41, 5.74) is 4.54. The molecule has 282 valence electrons. The lowest BCUT2D eigenvalue weighted by Gasteiger charge is -2.19. The standard InChI is InChI=1S/C51H25F3N4S2/c52-51(53,54)31-22-28(26-55)21-29(23-31)30-24-43(57-41-13-5-1-9-32(41)36-17-19-38-34-11-3-7-15-45(34)59-49(38)47(36)57)40(27-56)44(25-30)58-42-14-6-2-10-33(42)37-18-20-39-35-12-4-8-16-46(35)60-50(39)48(37)58/h1-25H. The first-order valence-corrected chi connectivity index (χ1v) is 20.8. The Hall–Kier alpha value is -7.43. The summed E-state index contributed by atoms with van der Waals surface area (Å²) in [5.74, 6) is 0. The van der Waals surface area contributed by atoms with Crippen LogP contribution < -0.4 is 0 Å². The first-order valence-electron chi connectivity index (χ1n) is 19.2. The zero-order valence-corrected chi connectivity index (χ0v) is 32.8. The Morgan fingerprint density at radius 1 is 0.450 bits per heavy atom. The third-order valence-electron chi connectivity index (χ3n) is 11.8. The normalized spacial score (nSPS) is 12.2. The molecule has 12 aromatic rings. The largest absolute Gasteiger partial charge is 0.416 e. The molecule has 9 heteroatoms. The van der Waals surface area contributed by atoms with Crippen molar-refractivity contribution in [2.45, 2.75) is 6.18 Å². The van der Waals surface area contributed by atoms with Crippen LogP contribution in [0.4, 0.5) is 13.2 Å².